The number of hydrogen-bond donors (Lipinski definition) is 1. The van der Waals surface area contributed by atoms with Crippen molar-refractivity contribution in [2.24, 2.45) is 5.73 Å². The molecule has 0 saturated carbocycles. The summed E-state index contributed by atoms with van der Waals surface area (Å²) in [6.07, 6.45) is 1.88. The van der Waals surface area contributed by atoms with Gasteiger partial charge in [-0.1, -0.05) is 11.6 Å². The Hall–Kier alpha value is -0.970. The van der Waals surface area contributed by atoms with Crippen molar-refractivity contribution in [1.29, 1.82) is 0 Å². The summed E-state index contributed by atoms with van der Waals surface area (Å²) in [5.74, 6) is 1.43. The fourth-order valence-corrected chi connectivity index (χ4v) is 2.42. The van der Waals surface area contributed by atoms with Gasteiger partial charge in [-0.15, -0.1) is 0 Å². The minimum atomic E-state index is 0.627. The first-order valence-corrected chi connectivity index (χ1v) is 7.05. The maximum Gasteiger partial charge on any atom is 0.179 e. The molecule has 0 saturated heterocycles. The largest absolute Gasteiger partial charge is 0.489 e. The second kappa shape index (κ2) is 6.98. The van der Waals surface area contributed by atoms with Gasteiger partial charge in [0.1, 0.15) is 0 Å². The average Bonchev–Trinajstić information content (AvgIpc) is 2.62. The van der Waals surface area contributed by atoms with Crippen LogP contribution in [0, 0.1) is 0 Å². The van der Waals surface area contributed by atoms with E-state index in [1.807, 2.05) is 12.1 Å². The second-order valence-corrected chi connectivity index (χ2v) is 5.24. The standard InChI is InChI=1S/C14H21ClN2O2/c1-17(5-2-4-16)10-11-8-12(15)14-13(9-11)18-6-3-7-19-14/h8-9H,2-7,10,16H2,1H3. The highest BCUT2D eigenvalue weighted by Gasteiger charge is 2.16. The van der Waals surface area contributed by atoms with Gasteiger partial charge in [0.25, 0.3) is 0 Å². The molecule has 0 amide bonds. The predicted molar refractivity (Wildman–Crippen MR) is 77.1 cm³/mol. The first-order valence-electron chi connectivity index (χ1n) is 6.67. The van der Waals surface area contributed by atoms with Crippen LogP contribution in [0.4, 0.5) is 0 Å². The fourth-order valence-electron chi connectivity index (χ4n) is 2.13. The van der Waals surface area contributed by atoms with Crippen molar-refractivity contribution in [3.63, 3.8) is 0 Å². The smallest absolute Gasteiger partial charge is 0.179 e. The molecule has 1 aliphatic heterocycles. The number of halogens is 1. The monoisotopic (exact) mass is 284 g/mol. The van der Waals surface area contributed by atoms with Crippen LogP contribution in [0.2, 0.25) is 5.02 Å². The molecule has 0 aliphatic carbocycles. The van der Waals surface area contributed by atoms with Gasteiger partial charge in [-0.25, -0.2) is 0 Å². The molecule has 0 spiro atoms. The van der Waals surface area contributed by atoms with Crippen LogP contribution in [-0.2, 0) is 6.54 Å². The lowest BCUT2D eigenvalue weighted by Crippen LogP contribution is -2.21. The number of hydrogen-bond acceptors (Lipinski definition) is 4. The van der Waals surface area contributed by atoms with Crippen LogP contribution in [0.15, 0.2) is 12.1 Å². The zero-order valence-electron chi connectivity index (χ0n) is 11.3. The lowest BCUT2D eigenvalue weighted by atomic mass is 10.2. The van der Waals surface area contributed by atoms with Crippen molar-refractivity contribution in [2.45, 2.75) is 19.4 Å². The summed E-state index contributed by atoms with van der Waals surface area (Å²) in [5, 5.41) is 0.627. The summed E-state index contributed by atoms with van der Waals surface area (Å²) < 4.78 is 11.3. The van der Waals surface area contributed by atoms with E-state index in [4.69, 9.17) is 26.8 Å². The maximum atomic E-state index is 6.26. The third-order valence-electron chi connectivity index (χ3n) is 3.06. The third-order valence-corrected chi connectivity index (χ3v) is 3.34. The highest BCUT2D eigenvalue weighted by atomic mass is 35.5. The van der Waals surface area contributed by atoms with E-state index in [2.05, 4.69) is 11.9 Å². The van der Waals surface area contributed by atoms with Gasteiger partial charge >= 0.3 is 0 Å². The minimum absolute atomic E-state index is 0.627. The first kappa shape index (κ1) is 14.4. The number of benzene rings is 1. The summed E-state index contributed by atoms with van der Waals surface area (Å²) in [7, 11) is 2.08. The summed E-state index contributed by atoms with van der Waals surface area (Å²) in [4.78, 5) is 2.22. The number of nitrogens with zero attached hydrogens (tertiary/aromatic N) is 1. The molecule has 0 bridgehead atoms. The summed E-state index contributed by atoms with van der Waals surface area (Å²) in [6.45, 7) is 3.85. The number of nitrogens with two attached hydrogens (primary N) is 1. The molecule has 0 atom stereocenters. The molecule has 106 valence electrons. The molecule has 1 aliphatic rings. The van der Waals surface area contributed by atoms with E-state index in [0.29, 0.717) is 30.5 Å². The highest BCUT2D eigenvalue weighted by molar-refractivity contribution is 6.32. The van der Waals surface area contributed by atoms with Gasteiger partial charge in [0.2, 0.25) is 0 Å². The number of fused-ring (bicyclic) bond motifs is 1. The first-order chi connectivity index (χ1) is 9.20. The van der Waals surface area contributed by atoms with E-state index < -0.39 is 0 Å². The van der Waals surface area contributed by atoms with Crippen molar-refractivity contribution >= 4 is 11.6 Å². The van der Waals surface area contributed by atoms with Crippen molar-refractivity contribution in [1.82, 2.24) is 4.90 Å². The van der Waals surface area contributed by atoms with Gasteiger partial charge in [0.15, 0.2) is 11.5 Å². The average molecular weight is 285 g/mol. The van der Waals surface area contributed by atoms with Gasteiger partial charge in [-0.2, -0.15) is 0 Å². The molecule has 1 heterocycles. The minimum Gasteiger partial charge on any atom is -0.489 e. The van der Waals surface area contributed by atoms with Crippen molar-refractivity contribution in [3.8, 4) is 11.5 Å². The summed E-state index contributed by atoms with van der Waals surface area (Å²) in [5.41, 5.74) is 6.65. The van der Waals surface area contributed by atoms with Crippen LogP contribution < -0.4 is 15.2 Å². The molecule has 5 heteroatoms. The van der Waals surface area contributed by atoms with Gasteiger partial charge in [0.05, 0.1) is 18.2 Å². The van der Waals surface area contributed by atoms with Crippen LogP contribution in [0.1, 0.15) is 18.4 Å². The van der Waals surface area contributed by atoms with Gasteiger partial charge in [-0.05, 0) is 44.3 Å². The van der Waals surface area contributed by atoms with Crippen molar-refractivity contribution in [2.75, 3.05) is 33.4 Å². The van der Waals surface area contributed by atoms with E-state index in [9.17, 15) is 0 Å². The molecule has 1 aromatic rings. The molecular weight excluding hydrogens is 264 g/mol. The zero-order chi connectivity index (χ0) is 13.7. The number of rotatable bonds is 5. The molecule has 2 N–H and O–H groups in total. The van der Waals surface area contributed by atoms with Crippen molar-refractivity contribution < 1.29 is 9.47 Å². The Kier molecular flexibility index (Phi) is 5.31. The van der Waals surface area contributed by atoms with E-state index in [0.717, 1.165) is 37.2 Å². The normalized spacial score (nSPS) is 14.5. The molecule has 19 heavy (non-hydrogen) atoms. The molecule has 4 nitrogen and oxygen atoms in total. The van der Waals surface area contributed by atoms with Crippen LogP contribution in [-0.4, -0.2) is 38.3 Å². The third kappa shape index (κ3) is 4.00. The zero-order valence-corrected chi connectivity index (χ0v) is 12.1. The highest BCUT2D eigenvalue weighted by Crippen LogP contribution is 2.38. The Balaban J connectivity index is 2.10. The van der Waals surface area contributed by atoms with Gasteiger partial charge in [0, 0.05) is 13.0 Å². The van der Waals surface area contributed by atoms with Gasteiger partial charge < -0.3 is 20.1 Å². The Bertz CT molecular complexity index is 426. The quantitative estimate of drug-likeness (QED) is 0.901. The van der Waals surface area contributed by atoms with E-state index in [-0.39, 0.29) is 0 Å². The molecule has 0 unspecified atom stereocenters. The SMILES string of the molecule is CN(CCCN)Cc1cc(Cl)c2c(c1)OCCCO2. The van der Waals surface area contributed by atoms with Crippen LogP contribution in [0.25, 0.3) is 0 Å². The predicted octanol–water partition coefficient (Wildman–Crippen LogP) is 2.28. The molecule has 0 aromatic heterocycles. The summed E-state index contributed by atoms with van der Waals surface area (Å²) >= 11 is 6.26. The second-order valence-electron chi connectivity index (χ2n) is 4.84. The topological polar surface area (TPSA) is 47.7 Å². The van der Waals surface area contributed by atoms with Crippen LogP contribution >= 0.6 is 11.6 Å². The fraction of sp³-hybridized carbons (Fsp3) is 0.571. The van der Waals surface area contributed by atoms with Crippen molar-refractivity contribution in [3.05, 3.63) is 22.7 Å². The van der Waals surface area contributed by atoms with Gasteiger partial charge in [-0.3, -0.25) is 0 Å². The van der Waals surface area contributed by atoms with E-state index in [1.165, 1.54) is 0 Å². The summed E-state index contributed by atoms with van der Waals surface area (Å²) in [6, 6.07) is 3.97. The molecule has 1 aromatic carbocycles. The van der Waals surface area contributed by atoms with E-state index in [1.54, 1.807) is 0 Å². The lowest BCUT2D eigenvalue weighted by Gasteiger charge is -2.18. The molecule has 0 radical (unpaired) electrons. The lowest BCUT2D eigenvalue weighted by molar-refractivity contribution is 0.296. The molecule has 2 rings (SSSR count). The Morgan fingerprint density at radius 1 is 1.32 bits per heavy atom. The Morgan fingerprint density at radius 3 is 2.89 bits per heavy atom. The van der Waals surface area contributed by atoms with Crippen LogP contribution in [0.3, 0.4) is 0 Å². The Morgan fingerprint density at radius 2 is 2.11 bits per heavy atom. The van der Waals surface area contributed by atoms with Crippen LogP contribution in [0.5, 0.6) is 11.5 Å². The Labute approximate surface area is 119 Å². The maximum absolute atomic E-state index is 6.26. The van der Waals surface area contributed by atoms with E-state index >= 15 is 0 Å². The molecule has 0 fully saturated rings. The number of ether oxygens (including phenoxy) is 2. The molecular formula is C14H21ClN2O2.